The quantitative estimate of drug-likeness (QED) is 0.553. The summed E-state index contributed by atoms with van der Waals surface area (Å²) in [7, 11) is 0. The van der Waals surface area contributed by atoms with Crippen LogP contribution in [0.5, 0.6) is 0 Å². The lowest BCUT2D eigenvalue weighted by molar-refractivity contribution is 0.605. The summed E-state index contributed by atoms with van der Waals surface area (Å²) >= 11 is 6.26. The van der Waals surface area contributed by atoms with Crippen LogP contribution in [0.2, 0.25) is 5.02 Å². The molecule has 2 aromatic heterocycles. The first-order chi connectivity index (χ1) is 10.3. The summed E-state index contributed by atoms with van der Waals surface area (Å²) in [5, 5.41) is 5.76. The van der Waals surface area contributed by atoms with Crippen LogP contribution in [0.25, 0.3) is 22.0 Å². The number of aromatic nitrogens is 1. The summed E-state index contributed by atoms with van der Waals surface area (Å²) < 4.78 is 5.45. The van der Waals surface area contributed by atoms with Gasteiger partial charge in [0.15, 0.2) is 0 Å². The third-order valence-corrected chi connectivity index (χ3v) is 3.64. The number of fused-ring (bicyclic) bond motifs is 2. The van der Waals surface area contributed by atoms with Crippen molar-refractivity contribution in [1.82, 2.24) is 4.98 Å². The van der Waals surface area contributed by atoms with Crippen LogP contribution in [0.15, 0.2) is 59.2 Å². The Morgan fingerprint density at radius 1 is 1.10 bits per heavy atom. The van der Waals surface area contributed by atoms with E-state index in [9.17, 15) is 0 Å². The highest BCUT2D eigenvalue weighted by Gasteiger charge is 2.15. The normalized spacial score (nSPS) is 11.1. The minimum absolute atomic E-state index is 0.531. The lowest BCUT2D eigenvalue weighted by atomic mass is 10.1. The Morgan fingerprint density at radius 3 is 2.76 bits per heavy atom. The number of rotatable bonds is 2. The van der Waals surface area contributed by atoms with Crippen molar-refractivity contribution in [3.05, 3.63) is 65.9 Å². The predicted octanol–water partition coefficient (Wildman–Crippen LogP) is 5.18. The summed E-state index contributed by atoms with van der Waals surface area (Å²) in [6.45, 7) is 0. The molecule has 4 heteroatoms. The average Bonchev–Trinajstić information content (AvgIpc) is 2.89. The van der Waals surface area contributed by atoms with E-state index in [2.05, 4.69) is 16.4 Å². The number of benzene rings is 2. The number of furan rings is 1. The average molecular weight is 294 g/mol. The van der Waals surface area contributed by atoms with E-state index in [0.717, 1.165) is 27.7 Å². The Labute approximate surface area is 126 Å². The lowest BCUT2D eigenvalue weighted by Crippen LogP contribution is -1.94. The van der Waals surface area contributed by atoms with Crippen LogP contribution in [-0.2, 0) is 0 Å². The van der Waals surface area contributed by atoms with E-state index < -0.39 is 0 Å². The molecule has 1 radical (unpaired) electrons. The molecule has 0 saturated carbocycles. The smallest absolute Gasteiger partial charge is 0.230 e. The summed E-state index contributed by atoms with van der Waals surface area (Å²) in [5.74, 6) is 0. The highest BCUT2D eigenvalue weighted by Crippen LogP contribution is 2.37. The van der Waals surface area contributed by atoms with Crippen LogP contribution in [0, 0.1) is 6.07 Å². The monoisotopic (exact) mass is 293 g/mol. The summed E-state index contributed by atoms with van der Waals surface area (Å²) in [5.41, 5.74) is 3.26. The maximum atomic E-state index is 6.26. The van der Waals surface area contributed by atoms with E-state index in [1.807, 2.05) is 48.5 Å². The molecule has 0 atom stereocenters. The van der Waals surface area contributed by atoms with Crippen molar-refractivity contribution in [2.75, 3.05) is 5.32 Å². The third-order valence-electron chi connectivity index (χ3n) is 3.36. The molecule has 0 spiro atoms. The van der Waals surface area contributed by atoms with Gasteiger partial charge >= 0.3 is 0 Å². The van der Waals surface area contributed by atoms with Gasteiger partial charge in [-0.3, -0.25) is 0 Å². The van der Waals surface area contributed by atoms with Gasteiger partial charge in [0.25, 0.3) is 0 Å². The number of hydrogen-bond acceptors (Lipinski definition) is 3. The maximum Gasteiger partial charge on any atom is 0.230 e. The van der Waals surface area contributed by atoms with Crippen molar-refractivity contribution < 1.29 is 4.42 Å². The highest BCUT2D eigenvalue weighted by atomic mass is 35.5. The molecule has 1 N–H and O–H groups in total. The largest absolute Gasteiger partial charge is 0.444 e. The molecular formula is C17H10ClN2O. The molecule has 0 bridgehead atoms. The van der Waals surface area contributed by atoms with Gasteiger partial charge in [-0.15, -0.1) is 0 Å². The van der Waals surface area contributed by atoms with Gasteiger partial charge in [-0.2, -0.15) is 0 Å². The Kier molecular flexibility index (Phi) is 2.79. The summed E-state index contributed by atoms with van der Waals surface area (Å²) in [6, 6.07) is 18.5. The first-order valence-electron chi connectivity index (χ1n) is 6.51. The third kappa shape index (κ3) is 2.03. The standard InChI is InChI=1S/C17H10ClN2O/c18-13-10-21-17-15(13)16(19-11-6-2-1-3-7-11)12-8-4-5-9-14(12)20-17/h2-10H,(H,19,20). The molecule has 4 aromatic rings. The number of hydrogen-bond donors (Lipinski definition) is 1. The van der Waals surface area contributed by atoms with Crippen LogP contribution >= 0.6 is 11.6 Å². The van der Waals surface area contributed by atoms with Crippen molar-refractivity contribution in [3.63, 3.8) is 0 Å². The molecule has 0 aliphatic carbocycles. The number of nitrogens with zero attached hydrogens (tertiary/aromatic N) is 1. The first kappa shape index (κ1) is 12.2. The fourth-order valence-electron chi connectivity index (χ4n) is 2.41. The Balaban J connectivity index is 2.04. The molecule has 0 unspecified atom stereocenters. The van der Waals surface area contributed by atoms with Crippen molar-refractivity contribution in [1.29, 1.82) is 0 Å². The predicted molar refractivity (Wildman–Crippen MR) is 85.1 cm³/mol. The second kappa shape index (κ2) is 4.79. The van der Waals surface area contributed by atoms with E-state index in [1.165, 1.54) is 6.26 Å². The van der Waals surface area contributed by atoms with E-state index >= 15 is 0 Å². The van der Waals surface area contributed by atoms with E-state index in [-0.39, 0.29) is 0 Å². The molecule has 21 heavy (non-hydrogen) atoms. The van der Waals surface area contributed by atoms with Crippen molar-refractivity contribution in [2.45, 2.75) is 0 Å². The van der Waals surface area contributed by atoms with Gasteiger partial charge in [0, 0.05) is 11.1 Å². The minimum atomic E-state index is 0.531. The van der Waals surface area contributed by atoms with Gasteiger partial charge in [-0.25, -0.2) is 4.98 Å². The number of pyridine rings is 1. The molecule has 0 amide bonds. The van der Waals surface area contributed by atoms with Crippen molar-refractivity contribution in [3.8, 4) is 0 Å². The molecule has 3 nitrogen and oxygen atoms in total. The second-order valence-corrected chi connectivity index (χ2v) is 5.09. The van der Waals surface area contributed by atoms with Crippen LogP contribution in [0.1, 0.15) is 0 Å². The van der Waals surface area contributed by atoms with E-state index in [0.29, 0.717) is 10.7 Å². The molecule has 0 saturated heterocycles. The lowest BCUT2D eigenvalue weighted by Gasteiger charge is -2.11. The van der Waals surface area contributed by atoms with Gasteiger partial charge < -0.3 is 9.73 Å². The van der Waals surface area contributed by atoms with Gasteiger partial charge in [0.2, 0.25) is 5.71 Å². The van der Waals surface area contributed by atoms with Crippen molar-refractivity contribution in [2.24, 2.45) is 0 Å². The molecule has 0 aliphatic heterocycles. The number of para-hydroxylation sites is 1. The zero-order valence-corrected chi connectivity index (χ0v) is 11.7. The van der Waals surface area contributed by atoms with Gasteiger partial charge in [0.1, 0.15) is 6.26 Å². The van der Waals surface area contributed by atoms with E-state index in [1.54, 1.807) is 0 Å². The van der Waals surface area contributed by atoms with Crippen LogP contribution in [0.3, 0.4) is 0 Å². The molecule has 2 heterocycles. The molecule has 4 rings (SSSR count). The van der Waals surface area contributed by atoms with Gasteiger partial charge in [-0.05, 0) is 24.3 Å². The topological polar surface area (TPSA) is 38.1 Å². The molecule has 101 valence electrons. The van der Waals surface area contributed by atoms with Crippen LogP contribution < -0.4 is 5.32 Å². The van der Waals surface area contributed by atoms with Crippen molar-refractivity contribution >= 4 is 45.0 Å². The molecule has 2 aromatic carbocycles. The van der Waals surface area contributed by atoms with Gasteiger partial charge in [0.05, 0.1) is 21.6 Å². The van der Waals surface area contributed by atoms with Crippen LogP contribution in [0.4, 0.5) is 11.4 Å². The fraction of sp³-hybridized carbons (Fsp3) is 0. The Morgan fingerprint density at radius 2 is 1.90 bits per heavy atom. The summed E-state index contributed by atoms with van der Waals surface area (Å²) in [6.07, 6.45) is 1.52. The first-order valence-corrected chi connectivity index (χ1v) is 6.89. The zero-order valence-electron chi connectivity index (χ0n) is 10.9. The summed E-state index contributed by atoms with van der Waals surface area (Å²) in [4.78, 5) is 4.50. The molecular weight excluding hydrogens is 284 g/mol. The molecule has 0 aliphatic rings. The maximum absolute atomic E-state index is 6.26. The fourth-order valence-corrected chi connectivity index (χ4v) is 2.63. The molecule has 0 fully saturated rings. The SMILES string of the molecule is Clc1coc2nc3ccccc3c(Nc3cc[c]cc3)c12. The Hall–Kier alpha value is -2.52. The van der Waals surface area contributed by atoms with Crippen LogP contribution in [-0.4, -0.2) is 4.98 Å². The number of nitrogens with one attached hydrogen (secondary N) is 1. The number of halogens is 1. The van der Waals surface area contributed by atoms with E-state index in [4.69, 9.17) is 16.0 Å². The number of anilines is 2. The zero-order chi connectivity index (χ0) is 14.2. The Bertz CT molecular complexity index is 931. The highest BCUT2D eigenvalue weighted by molar-refractivity contribution is 6.37. The second-order valence-electron chi connectivity index (χ2n) is 4.68. The minimum Gasteiger partial charge on any atom is -0.444 e. The van der Waals surface area contributed by atoms with Gasteiger partial charge in [-0.1, -0.05) is 41.9 Å².